The highest BCUT2D eigenvalue weighted by Gasteiger charge is 2.38. The van der Waals surface area contributed by atoms with Crippen molar-refractivity contribution in [2.45, 2.75) is 110 Å². The van der Waals surface area contributed by atoms with Crippen LogP contribution in [0.3, 0.4) is 0 Å². The van der Waals surface area contributed by atoms with Gasteiger partial charge < -0.3 is 30.4 Å². The molecule has 2 heterocycles. The molecular weight excluding hydrogens is 706 g/mol. The highest BCUT2D eigenvalue weighted by Crippen LogP contribution is 2.25. The Bertz CT molecular complexity index is 1610. The molecule has 7 atom stereocenters. The third kappa shape index (κ3) is 12.4. The first-order valence-electron chi connectivity index (χ1n) is 18.2. The fourth-order valence-corrected chi connectivity index (χ4v) is 6.31. The Morgan fingerprint density at radius 2 is 1.74 bits per heavy atom. The minimum Gasteiger partial charge on any atom is -0.505 e. The topological polar surface area (TPSA) is 191 Å². The van der Waals surface area contributed by atoms with E-state index in [1.165, 1.54) is 13.0 Å². The number of aliphatic hydroxyl groups is 1. The lowest BCUT2D eigenvalue weighted by Gasteiger charge is -2.36. The molecule has 54 heavy (non-hydrogen) atoms. The number of phenols is 1. The van der Waals surface area contributed by atoms with E-state index in [2.05, 4.69) is 16.1 Å². The predicted octanol–water partition coefficient (Wildman–Crippen LogP) is 3.28. The van der Waals surface area contributed by atoms with E-state index < -0.39 is 95.6 Å². The number of cyclic esters (lactones) is 1. The minimum absolute atomic E-state index is 0.00414. The molecule has 1 saturated heterocycles. The van der Waals surface area contributed by atoms with Gasteiger partial charge in [0.05, 0.1) is 12.0 Å². The summed E-state index contributed by atoms with van der Waals surface area (Å²) in [6.07, 6.45) is 7.61. The van der Waals surface area contributed by atoms with Gasteiger partial charge in [-0.15, -0.1) is 0 Å². The minimum atomic E-state index is -1.49. The van der Waals surface area contributed by atoms with Gasteiger partial charge in [-0.2, -0.15) is 4.39 Å². The zero-order chi connectivity index (χ0) is 40.1. The summed E-state index contributed by atoms with van der Waals surface area (Å²) in [5.41, 5.74) is 3.30. The van der Waals surface area contributed by atoms with Crippen LogP contribution < -0.4 is 16.1 Å². The number of phenolic OH excluding ortho intramolecular Hbond substituents is 1. The zero-order valence-corrected chi connectivity index (χ0v) is 31.3. The van der Waals surface area contributed by atoms with E-state index in [0.29, 0.717) is 24.7 Å². The number of carbonyl (C=O) groups is 6. The Hall–Kier alpha value is -4.76. The van der Waals surface area contributed by atoms with E-state index in [9.17, 15) is 47.8 Å². The number of ketones is 1. The summed E-state index contributed by atoms with van der Waals surface area (Å²) in [4.78, 5) is 78.5. The highest BCUT2D eigenvalue weighted by molar-refractivity contribution is 5.93. The SMILES string of the molecule is CC(=O)CC[C@H]1C(=O)N[C@@H](C(C)C)C(=O)N[C@@H](Cc2cc(O)c(F)c(F)c2)C(=O)N2CCCC(N2)C(=O)O[C@H](/C(C)=C/C=O)C/C=C/C=C/C[C@H](C)[C@H]1O. The number of benzene rings is 1. The van der Waals surface area contributed by atoms with Gasteiger partial charge in [-0.3, -0.25) is 29.0 Å². The van der Waals surface area contributed by atoms with Crippen molar-refractivity contribution in [3.05, 3.63) is 65.3 Å². The summed E-state index contributed by atoms with van der Waals surface area (Å²) in [6.45, 7) is 8.16. The fourth-order valence-electron chi connectivity index (χ4n) is 6.31. The lowest BCUT2D eigenvalue weighted by Crippen LogP contribution is -2.62. The van der Waals surface area contributed by atoms with Crippen molar-refractivity contribution in [1.82, 2.24) is 21.1 Å². The molecule has 1 aromatic carbocycles. The van der Waals surface area contributed by atoms with Crippen molar-refractivity contribution in [2.75, 3.05) is 6.54 Å². The van der Waals surface area contributed by atoms with Gasteiger partial charge in [0.25, 0.3) is 5.91 Å². The number of Topliss-reactive ketones (excluding diaryl/α,β-unsaturated/α-hetero) is 1. The maximum atomic E-state index is 14.4. The van der Waals surface area contributed by atoms with Gasteiger partial charge in [-0.05, 0) is 80.7 Å². The van der Waals surface area contributed by atoms with Crippen molar-refractivity contribution >= 4 is 35.8 Å². The number of esters is 1. The van der Waals surface area contributed by atoms with Gasteiger partial charge in [0.15, 0.2) is 17.4 Å². The average Bonchev–Trinajstić information content (AvgIpc) is 3.12. The van der Waals surface area contributed by atoms with Crippen molar-refractivity contribution < 1.29 is 52.5 Å². The van der Waals surface area contributed by atoms with Gasteiger partial charge >= 0.3 is 5.97 Å². The van der Waals surface area contributed by atoms with Gasteiger partial charge in [-0.1, -0.05) is 45.1 Å². The molecular formula is C39H52F2N4O9. The van der Waals surface area contributed by atoms with Crippen molar-refractivity contribution in [1.29, 1.82) is 0 Å². The van der Waals surface area contributed by atoms with Crippen molar-refractivity contribution in [3.8, 4) is 5.75 Å². The normalized spacial score (nSPS) is 28.2. The maximum Gasteiger partial charge on any atom is 0.325 e. The number of allylic oxidation sites excluding steroid dienone is 4. The van der Waals surface area contributed by atoms with E-state index in [4.69, 9.17) is 4.74 Å². The Balaban J connectivity index is 2.07. The summed E-state index contributed by atoms with van der Waals surface area (Å²) in [6, 6.07) is -2.01. The number of ether oxygens (including phenoxy) is 1. The van der Waals surface area contributed by atoms with Crippen LogP contribution in [0.2, 0.25) is 0 Å². The van der Waals surface area contributed by atoms with Crippen LogP contribution in [0.25, 0.3) is 0 Å². The van der Waals surface area contributed by atoms with E-state index >= 15 is 0 Å². The third-order valence-corrected chi connectivity index (χ3v) is 9.58. The highest BCUT2D eigenvalue weighted by atomic mass is 19.2. The monoisotopic (exact) mass is 758 g/mol. The van der Waals surface area contributed by atoms with E-state index in [1.54, 1.807) is 52.0 Å². The number of hydrogen-bond acceptors (Lipinski definition) is 10. The van der Waals surface area contributed by atoms with Crippen LogP contribution in [-0.4, -0.2) is 87.9 Å². The molecule has 0 aliphatic carbocycles. The number of amides is 3. The zero-order valence-electron chi connectivity index (χ0n) is 31.3. The smallest absolute Gasteiger partial charge is 0.325 e. The lowest BCUT2D eigenvalue weighted by atomic mass is 9.85. The first-order chi connectivity index (χ1) is 25.5. The number of nitrogens with zero attached hydrogens (tertiary/aromatic N) is 1. The second-order valence-corrected chi connectivity index (χ2v) is 14.3. The van der Waals surface area contributed by atoms with Crippen LogP contribution in [0.1, 0.15) is 78.7 Å². The molecule has 2 aliphatic heterocycles. The van der Waals surface area contributed by atoms with Crippen LogP contribution in [0.4, 0.5) is 8.78 Å². The Labute approximate surface area is 314 Å². The fraction of sp³-hybridized carbons (Fsp3) is 0.538. The molecule has 3 amide bonds. The molecule has 1 aromatic rings. The molecule has 13 nitrogen and oxygen atoms in total. The molecule has 0 spiro atoms. The van der Waals surface area contributed by atoms with Crippen LogP contribution in [-0.2, 0) is 39.9 Å². The number of hydrazine groups is 1. The molecule has 3 rings (SSSR count). The summed E-state index contributed by atoms with van der Waals surface area (Å²) in [5, 5.41) is 27.8. The first kappa shape index (κ1) is 43.6. The standard InChI is InChI=1S/C39H52F2N4O9/c1-22(2)34-37(51)42-30(20-26-19-28(40)33(41)31(48)21-26)38(52)45-17-10-12-29(44-45)39(53)54-32(23(3)16-18-46)13-9-7-6-8-11-24(4)35(49)27(36(50)43-34)15-14-25(5)47/h6-9,16,18-19,21-22,24,27,29-30,32,34-35,44,48-49H,10-15,17,20H2,1-5H3,(H,42,51)(H,43,50)/b8-6+,9-7+,23-16+/t24-,27+,29?,30-,32-,34-,35+/m0/s1. The molecule has 1 unspecified atom stereocenters. The number of fused-ring (bicyclic) bond motifs is 2. The maximum absolute atomic E-state index is 14.4. The molecule has 0 saturated carbocycles. The summed E-state index contributed by atoms with van der Waals surface area (Å²) < 4.78 is 34.1. The number of rotatable bonds is 8. The Morgan fingerprint density at radius 1 is 1.06 bits per heavy atom. The first-order valence-corrected chi connectivity index (χ1v) is 18.2. The number of aromatic hydroxyl groups is 1. The van der Waals surface area contributed by atoms with Crippen LogP contribution in [0.5, 0.6) is 5.75 Å². The second kappa shape index (κ2) is 20.6. The van der Waals surface area contributed by atoms with Gasteiger partial charge in [0.1, 0.15) is 36.3 Å². The largest absolute Gasteiger partial charge is 0.505 e. The van der Waals surface area contributed by atoms with Crippen LogP contribution >= 0.6 is 0 Å². The molecule has 1 fully saturated rings. The van der Waals surface area contributed by atoms with E-state index in [1.807, 2.05) is 0 Å². The number of halogens is 2. The third-order valence-electron chi connectivity index (χ3n) is 9.58. The quantitative estimate of drug-likeness (QED) is 0.149. The van der Waals surface area contributed by atoms with Gasteiger partial charge in [0.2, 0.25) is 11.8 Å². The van der Waals surface area contributed by atoms with Crippen molar-refractivity contribution in [3.63, 3.8) is 0 Å². The van der Waals surface area contributed by atoms with Crippen LogP contribution in [0, 0.1) is 29.4 Å². The molecule has 5 N–H and O–H groups in total. The van der Waals surface area contributed by atoms with Crippen LogP contribution in [0.15, 0.2) is 48.1 Å². The predicted molar refractivity (Wildman–Crippen MR) is 194 cm³/mol. The molecule has 2 aliphatic rings. The summed E-state index contributed by atoms with van der Waals surface area (Å²) >= 11 is 0. The average molecular weight is 759 g/mol. The molecule has 0 radical (unpaired) electrons. The summed E-state index contributed by atoms with van der Waals surface area (Å²) in [7, 11) is 0. The van der Waals surface area contributed by atoms with E-state index in [0.717, 1.165) is 17.1 Å². The summed E-state index contributed by atoms with van der Waals surface area (Å²) in [5.74, 6) is -9.06. The molecule has 2 bridgehead atoms. The Kier molecular flexibility index (Phi) is 16.7. The lowest BCUT2D eigenvalue weighted by molar-refractivity contribution is -0.156. The van der Waals surface area contributed by atoms with Gasteiger partial charge in [-0.25, -0.2) is 9.82 Å². The number of carbonyl (C=O) groups excluding carboxylic acids is 6. The number of nitrogens with one attached hydrogen (secondary N) is 3. The number of hydrogen-bond donors (Lipinski definition) is 5. The molecule has 15 heteroatoms. The van der Waals surface area contributed by atoms with Gasteiger partial charge in [0, 0.05) is 25.8 Å². The Morgan fingerprint density at radius 3 is 2.37 bits per heavy atom. The molecule has 296 valence electrons. The number of aldehydes is 1. The number of aliphatic hydroxyl groups excluding tert-OH is 1. The second-order valence-electron chi connectivity index (χ2n) is 14.3. The molecule has 0 aromatic heterocycles. The van der Waals surface area contributed by atoms with E-state index in [-0.39, 0.29) is 43.6 Å². The van der Waals surface area contributed by atoms with Crippen molar-refractivity contribution in [2.24, 2.45) is 17.8 Å².